The molecule has 8 atom stereocenters. The number of rotatable bonds is 2. The van der Waals surface area contributed by atoms with Gasteiger partial charge in [0, 0.05) is 0 Å². The van der Waals surface area contributed by atoms with Crippen molar-refractivity contribution in [2.45, 2.75) is 122 Å². The Bertz CT molecular complexity index is 618. The summed E-state index contributed by atoms with van der Waals surface area (Å²) < 4.78 is 0. The fourth-order valence-electron chi connectivity index (χ4n) is 12.3. The number of fused-ring (bicyclic) bond motifs is 7. The van der Waals surface area contributed by atoms with Crippen molar-refractivity contribution in [1.29, 1.82) is 0 Å². The first kappa shape index (κ1) is 29.4. The van der Waals surface area contributed by atoms with Crippen LogP contribution in [0.5, 0.6) is 0 Å². The summed E-state index contributed by atoms with van der Waals surface area (Å²) in [6.45, 7) is 0. The SMILES string of the molecule is C1CCC2C(C1)CCC1C2C2C3CCCCC3CCC2C1C1(C2CCCC2)CCC1.[CH3-].[CH3-].[Cl][Zr+2][Cl]. The molecule has 7 aliphatic rings. The van der Waals surface area contributed by atoms with Crippen LogP contribution in [0, 0.1) is 79.4 Å². The molecule has 0 radical (unpaired) electrons. The molecule has 7 aliphatic carbocycles. The molecule has 0 N–H and O–H groups in total. The van der Waals surface area contributed by atoms with E-state index < -0.39 is 20.8 Å². The molecule has 3 heteroatoms. The molecule has 0 bridgehead atoms. The molecule has 200 valence electrons. The molecular formula is C32H54Cl2Zr. The summed E-state index contributed by atoms with van der Waals surface area (Å²) >= 11 is -0.826. The minimum absolute atomic E-state index is 0. The van der Waals surface area contributed by atoms with Crippen LogP contribution in [-0.2, 0) is 20.8 Å². The van der Waals surface area contributed by atoms with Crippen molar-refractivity contribution >= 4 is 17.0 Å². The third-order valence-electron chi connectivity index (χ3n) is 13.1. The van der Waals surface area contributed by atoms with Gasteiger partial charge in [0.15, 0.2) is 0 Å². The molecule has 0 spiro atoms. The second kappa shape index (κ2) is 12.8. The summed E-state index contributed by atoms with van der Waals surface area (Å²) in [5.74, 6) is 11.6. The van der Waals surface area contributed by atoms with E-state index in [1.807, 2.05) is 0 Å². The third-order valence-corrected chi connectivity index (χ3v) is 13.1. The first-order valence-corrected chi connectivity index (χ1v) is 21.6. The molecule has 0 nitrogen and oxygen atoms in total. The van der Waals surface area contributed by atoms with E-state index >= 15 is 0 Å². The van der Waals surface area contributed by atoms with Gasteiger partial charge in [-0.1, -0.05) is 57.8 Å². The Morgan fingerprint density at radius 1 is 0.486 bits per heavy atom. The van der Waals surface area contributed by atoms with Gasteiger partial charge in [0.1, 0.15) is 0 Å². The van der Waals surface area contributed by atoms with Gasteiger partial charge in [-0.25, -0.2) is 0 Å². The summed E-state index contributed by atoms with van der Waals surface area (Å²) in [5.41, 5.74) is 0.835. The maximum atomic E-state index is 4.93. The van der Waals surface area contributed by atoms with E-state index in [1.165, 1.54) is 29.6 Å². The van der Waals surface area contributed by atoms with Gasteiger partial charge in [0.2, 0.25) is 0 Å². The van der Waals surface area contributed by atoms with E-state index in [0.29, 0.717) is 0 Å². The van der Waals surface area contributed by atoms with Gasteiger partial charge < -0.3 is 14.9 Å². The molecule has 0 heterocycles. The molecule has 35 heavy (non-hydrogen) atoms. The maximum absolute atomic E-state index is 4.93. The van der Waals surface area contributed by atoms with Gasteiger partial charge >= 0.3 is 37.9 Å². The molecule has 0 aromatic carbocycles. The van der Waals surface area contributed by atoms with Crippen molar-refractivity contribution < 1.29 is 20.8 Å². The Hall–Kier alpha value is 1.46. The molecule has 0 aromatic rings. The summed E-state index contributed by atoms with van der Waals surface area (Å²) in [4.78, 5) is 0. The van der Waals surface area contributed by atoms with Gasteiger partial charge in [0.25, 0.3) is 0 Å². The van der Waals surface area contributed by atoms with E-state index in [2.05, 4.69) is 0 Å². The zero-order valence-corrected chi connectivity index (χ0v) is 26.9. The monoisotopic (exact) mass is 598 g/mol. The molecule has 7 rings (SSSR count). The van der Waals surface area contributed by atoms with Crippen LogP contribution in [0.1, 0.15) is 122 Å². The number of hydrogen-bond acceptors (Lipinski definition) is 0. The third kappa shape index (κ3) is 5.07. The summed E-state index contributed by atoms with van der Waals surface area (Å²) in [7, 11) is 9.87. The molecule has 7 saturated carbocycles. The van der Waals surface area contributed by atoms with Crippen molar-refractivity contribution in [1.82, 2.24) is 0 Å². The van der Waals surface area contributed by atoms with Crippen LogP contribution in [0.25, 0.3) is 0 Å². The number of hydrogen-bond donors (Lipinski definition) is 0. The molecule has 0 amide bonds. The zero-order chi connectivity index (χ0) is 22.4. The van der Waals surface area contributed by atoms with E-state index in [-0.39, 0.29) is 14.9 Å². The van der Waals surface area contributed by atoms with Crippen LogP contribution in [0.4, 0.5) is 0 Å². The van der Waals surface area contributed by atoms with Crippen LogP contribution in [0.15, 0.2) is 0 Å². The van der Waals surface area contributed by atoms with Crippen LogP contribution in [0.3, 0.4) is 0 Å². The van der Waals surface area contributed by atoms with Crippen LogP contribution in [0.2, 0.25) is 0 Å². The van der Waals surface area contributed by atoms with Crippen LogP contribution >= 0.6 is 17.0 Å². The zero-order valence-electron chi connectivity index (χ0n) is 23.0. The Labute approximate surface area is 237 Å². The Morgan fingerprint density at radius 2 is 0.914 bits per heavy atom. The average molecular weight is 601 g/mol. The summed E-state index contributed by atoms with van der Waals surface area (Å²) in [6, 6.07) is 0. The molecule has 0 saturated heterocycles. The fourth-order valence-corrected chi connectivity index (χ4v) is 12.3. The van der Waals surface area contributed by atoms with E-state index in [1.54, 1.807) is 122 Å². The predicted molar refractivity (Wildman–Crippen MR) is 150 cm³/mol. The summed E-state index contributed by atoms with van der Waals surface area (Å²) in [6.07, 6.45) is 30.6. The second-order valence-corrected chi connectivity index (χ2v) is 17.5. The quantitative estimate of drug-likeness (QED) is 0.277. The molecule has 0 aliphatic heterocycles. The Morgan fingerprint density at radius 3 is 1.34 bits per heavy atom. The van der Waals surface area contributed by atoms with Crippen molar-refractivity contribution in [3.63, 3.8) is 0 Å². The van der Waals surface area contributed by atoms with Gasteiger partial charge in [-0.15, -0.1) is 0 Å². The van der Waals surface area contributed by atoms with Gasteiger partial charge in [-0.2, -0.15) is 0 Å². The van der Waals surface area contributed by atoms with E-state index in [4.69, 9.17) is 17.0 Å². The van der Waals surface area contributed by atoms with Crippen LogP contribution < -0.4 is 0 Å². The first-order valence-electron chi connectivity index (χ1n) is 15.2. The minimum atomic E-state index is -0.826. The first-order chi connectivity index (χ1) is 16.3. The predicted octanol–water partition coefficient (Wildman–Crippen LogP) is 10.9. The summed E-state index contributed by atoms with van der Waals surface area (Å²) in [5, 5.41) is 0. The Balaban J connectivity index is 0.000000552. The second-order valence-electron chi connectivity index (χ2n) is 13.7. The normalized spacial score (nSPS) is 45.4. The van der Waals surface area contributed by atoms with Crippen molar-refractivity contribution in [2.24, 2.45) is 64.6 Å². The standard InChI is InChI=1S/C30H48.2CH3.2ClH.Zr/c1-5-12-23-20(8-1)14-16-25-27(23)28-24-13-6-2-9-21(24)15-17-26(28)29(25)30(18-7-19-30)22-10-3-4-11-22;;;;;/h20-29H,1-19H2;2*1H3;2*1H;/q;2*-1;;;+4/p-2. The average Bonchev–Trinajstić information content (AvgIpc) is 3.47. The van der Waals surface area contributed by atoms with Gasteiger partial charge in [-0.05, 0) is 129 Å². The van der Waals surface area contributed by atoms with Gasteiger partial charge in [0.05, 0.1) is 0 Å². The topological polar surface area (TPSA) is 0 Å². The Kier molecular flexibility index (Phi) is 10.7. The van der Waals surface area contributed by atoms with Crippen LogP contribution in [-0.4, -0.2) is 0 Å². The fraction of sp³-hybridized carbons (Fsp3) is 0.938. The number of halogens is 2. The van der Waals surface area contributed by atoms with E-state index in [9.17, 15) is 0 Å². The molecular weight excluding hydrogens is 546 g/mol. The molecule has 8 unspecified atom stereocenters. The van der Waals surface area contributed by atoms with E-state index in [0.717, 1.165) is 35.0 Å². The molecule has 0 aromatic heterocycles. The van der Waals surface area contributed by atoms with Crippen molar-refractivity contribution in [3.8, 4) is 0 Å². The van der Waals surface area contributed by atoms with Crippen molar-refractivity contribution in [3.05, 3.63) is 14.9 Å². The molecule has 7 fully saturated rings. The van der Waals surface area contributed by atoms with Gasteiger partial charge in [-0.3, -0.25) is 0 Å². The van der Waals surface area contributed by atoms with Crippen molar-refractivity contribution in [2.75, 3.05) is 0 Å².